The van der Waals surface area contributed by atoms with Gasteiger partial charge in [-0.3, -0.25) is 0 Å². The van der Waals surface area contributed by atoms with Crippen molar-refractivity contribution in [2.45, 2.75) is 38.7 Å². The molecule has 1 atom stereocenters. The lowest BCUT2D eigenvalue weighted by Gasteiger charge is -2.36. The van der Waals surface area contributed by atoms with Crippen LogP contribution in [0.2, 0.25) is 0 Å². The SMILES string of the molecule is Cc1ccccc1C[C@@]1(C)CCc2cc(-c3ccc(C(=O)O)cc3)ccc2O1. The molecule has 0 bridgehead atoms. The van der Waals surface area contributed by atoms with E-state index in [1.165, 1.54) is 16.7 Å². The molecule has 1 aliphatic heterocycles. The van der Waals surface area contributed by atoms with E-state index in [0.717, 1.165) is 36.1 Å². The van der Waals surface area contributed by atoms with Gasteiger partial charge in [-0.15, -0.1) is 0 Å². The first kappa shape index (κ1) is 18.3. The maximum absolute atomic E-state index is 11.0. The molecule has 1 N–H and O–H groups in total. The van der Waals surface area contributed by atoms with E-state index in [9.17, 15) is 4.79 Å². The smallest absolute Gasteiger partial charge is 0.335 e. The fourth-order valence-corrected chi connectivity index (χ4v) is 3.91. The van der Waals surface area contributed by atoms with Gasteiger partial charge >= 0.3 is 5.97 Å². The van der Waals surface area contributed by atoms with Crippen LogP contribution < -0.4 is 4.74 Å². The number of aryl methyl sites for hydroxylation is 2. The summed E-state index contributed by atoms with van der Waals surface area (Å²) in [5, 5.41) is 9.06. The molecule has 0 fully saturated rings. The van der Waals surface area contributed by atoms with Crippen LogP contribution in [0.15, 0.2) is 66.7 Å². The maximum atomic E-state index is 11.0. The van der Waals surface area contributed by atoms with Gasteiger partial charge in [-0.2, -0.15) is 0 Å². The number of benzene rings is 3. The van der Waals surface area contributed by atoms with Gasteiger partial charge in [0.2, 0.25) is 0 Å². The summed E-state index contributed by atoms with van der Waals surface area (Å²) in [5.41, 5.74) is 6.05. The van der Waals surface area contributed by atoms with E-state index in [0.29, 0.717) is 5.56 Å². The topological polar surface area (TPSA) is 46.5 Å². The van der Waals surface area contributed by atoms with Gasteiger partial charge < -0.3 is 9.84 Å². The number of rotatable bonds is 4. The van der Waals surface area contributed by atoms with Crippen molar-refractivity contribution >= 4 is 5.97 Å². The van der Waals surface area contributed by atoms with Gasteiger partial charge in [-0.1, -0.05) is 42.5 Å². The Bertz CT molecular complexity index is 1020. The Labute approximate surface area is 165 Å². The number of hydrogen-bond acceptors (Lipinski definition) is 2. The Morgan fingerprint density at radius 3 is 2.46 bits per heavy atom. The Morgan fingerprint density at radius 2 is 1.75 bits per heavy atom. The first-order valence-corrected chi connectivity index (χ1v) is 9.64. The fourth-order valence-electron chi connectivity index (χ4n) is 3.91. The minimum absolute atomic E-state index is 0.205. The molecule has 142 valence electrons. The van der Waals surface area contributed by atoms with E-state index < -0.39 is 5.97 Å². The predicted octanol–water partition coefficient (Wildman–Crippen LogP) is 5.69. The van der Waals surface area contributed by atoms with Gasteiger partial charge in [-0.05, 0) is 78.8 Å². The molecule has 4 rings (SSSR count). The lowest BCUT2D eigenvalue weighted by Crippen LogP contribution is -2.38. The molecule has 0 unspecified atom stereocenters. The molecule has 0 amide bonds. The van der Waals surface area contributed by atoms with E-state index in [1.54, 1.807) is 12.1 Å². The van der Waals surface area contributed by atoms with Crippen molar-refractivity contribution in [3.05, 3.63) is 89.0 Å². The number of carboxylic acid groups (broad SMARTS) is 1. The predicted molar refractivity (Wildman–Crippen MR) is 111 cm³/mol. The minimum atomic E-state index is -0.904. The van der Waals surface area contributed by atoms with E-state index >= 15 is 0 Å². The molecule has 28 heavy (non-hydrogen) atoms. The van der Waals surface area contributed by atoms with Crippen LogP contribution in [-0.4, -0.2) is 16.7 Å². The molecule has 0 aromatic heterocycles. The largest absolute Gasteiger partial charge is 0.487 e. The standard InChI is InChI=1S/C25H24O3/c1-17-5-3-4-6-22(17)16-25(2)14-13-21-15-20(11-12-23(21)28-25)18-7-9-19(10-8-18)24(26)27/h3-12,15H,13-14,16H2,1-2H3,(H,26,27)/t25-/m1/s1. The summed E-state index contributed by atoms with van der Waals surface area (Å²) in [7, 11) is 0. The summed E-state index contributed by atoms with van der Waals surface area (Å²) in [4.78, 5) is 11.0. The quantitative estimate of drug-likeness (QED) is 0.640. The minimum Gasteiger partial charge on any atom is -0.487 e. The van der Waals surface area contributed by atoms with Crippen molar-refractivity contribution < 1.29 is 14.6 Å². The molecular formula is C25H24O3. The Kier molecular flexibility index (Phi) is 4.68. The van der Waals surface area contributed by atoms with Gasteiger partial charge in [0.15, 0.2) is 0 Å². The van der Waals surface area contributed by atoms with Gasteiger partial charge in [0, 0.05) is 6.42 Å². The van der Waals surface area contributed by atoms with Crippen LogP contribution in [0.5, 0.6) is 5.75 Å². The second-order valence-corrected chi connectivity index (χ2v) is 7.86. The number of aromatic carboxylic acids is 1. The van der Waals surface area contributed by atoms with E-state index in [2.05, 4.69) is 44.2 Å². The third kappa shape index (κ3) is 3.65. The fraction of sp³-hybridized carbons (Fsp3) is 0.240. The molecule has 0 spiro atoms. The Balaban J connectivity index is 1.56. The van der Waals surface area contributed by atoms with E-state index in [1.807, 2.05) is 24.3 Å². The van der Waals surface area contributed by atoms with Crippen molar-refractivity contribution in [1.29, 1.82) is 0 Å². The number of carbonyl (C=O) groups is 1. The van der Waals surface area contributed by atoms with Gasteiger partial charge in [0.1, 0.15) is 11.4 Å². The molecular weight excluding hydrogens is 348 g/mol. The molecule has 0 saturated carbocycles. The number of fused-ring (bicyclic) bond motifs is 1. The third-order valence-corrected chi connectivity index (χ3v) is 5.63. The molecule has 3 heteroatoms. The highest BCUT2D eigenvalue weighted by Gasteiger charge is 2.32. The summed E-state index contributed by atoms with van der Waals surface area (Å²) >= 11 is 0. The molecule has 3 aromatic rings. The van der Waals surface area contributed by atoms with Crippen LogP contribution in [0.1, 0.15) is 40.4 Å². The van der Waals surface area contributed by atoms with Crippen LogP contribution >= 0.6 is 0 Å². The van der Waals surface area contributed by atoms with Crippen LogP contribution in [0, 0.1) is 6.92 Å². The molecule has 1 aliphatic rings. The van der Waals surface area contributed by atoms with Crippen LogP contribution in [0.25, 0.3) is 11.1 Å². The van der Waals surface area contributed by atoms with Crippen LogP contribution in [-0.2, 0) is 12.8 Å². The zero-order chi connectivity index (χ0) is 19.7. The van der Waals surface area contributed by atoms with Crippen LogP contribution in [0.4, 0.5) is 0 Å². The summed E-state index contributed by atoms with van der Waals surface area (Å²) in [6.07, 6.45) is 2.84. The highest BCUT2D eigenvalue weighted by molar-refractivity contribution is 5.88. The third-order valence-electron chi connectivity index (χ3n) is 5.63. The first-order chi connectivity index (χ1) is 13.4. The Morgan fingerprint density at radius 1 is 1.04 bits per heavy atom. The second-order valence-electron chi connectivity index (χ2n) is 7.86. The molecule has 0 saturated heterocycles. The Hall–Kier alpha value is -3.07. The zero-order valence-electron chi connectivity index (χ0n) is 16.2. The number of ether oxygens (including phenoxy) is 1. The number of hydrogen-bond donors (Lipinski definition) is 1. The normalized spacial score (nSPS) is 18.2. The summed E-state index contributed by atoms with van der Waals surface area (Å²) in [6, 6.07) is 21.8. The van der Waals surface area contributed by atoms with Gasteiger partial charge in [-0.25, -0.2) is 4.79 Å². The lowest BCUT2D eigenvalue weighted by molar-refractivity contribution is 0.0652. The second kappa shape index (κ2) is 7.16. The molecule has 0 aliphatic carbocycles. The summed E-state index contributed by atoms with van der Waals surface area (Å²) < 4.78 is 6.44. The van der Waals surface area contributed by atoms with Gasteiger partial charge in [0.25, 0.3) is 0 Å². The molecule has 0 radical (unpaired) electrons. The molecule has 3 aromatic carbocycles. The zero-order valence-corrected chi connectivity index (χ0v) is 16.2. The highest BCUT2D eigenvalue weighted by Crippen LogP contribution is 2.37. The van der Waals surface area contributed by atoms with Gasteiger partial charge in [0.05, 0.1) is 5.56 Å². The molecule has 1 heterocycles. The summed E-state index contributed by atoms with van der Waals surface area (Å²) in [6.45, 7) is 4.35. The molecule has 3 nitrogen and oxygen atoms in total. The van der Waals surface area contributed by atoms with Crippen molar-refractivity contribution in [3.8, 4) is 16.9 Å². The average molecular weight is 372 g/mol. The van der Waals surface area contributed by atoms with Crippen molar-refractivity contribution in [2.75, 3.05) is 0 Å². The van der Waals surface area contributed by atoms with Crippen molar-refractivity contribution in [3.63, 3.8) is 0 Å². The van der Waals surface area contributed by atoms with E-state index in [4.69, 9.17) is 9.84 Å². The number of carboxylic acids is 1. The van der Waals surface area contributed by atoms with Crippen LogP contribution in [0.3, 0.4) is 0 Å². The lowest BCUT2D eigenvalue weighted by atomic mass is 9.85. The van der Waals surface area contributed by atoms with E-state index in [-0.39, 0.29) is 5.60 Å². The summed E-state index contributed by atoms with van der Waals surface area (Å²) in [5.74, 6) is 0.0477. The average Bonchev–Trinajstić information content (AvgIpc) is 2.69. The highest BCUT2D eigenvalue weighted by atomic mass is 16.5. The van der Waals surface area contributed by atoms with Crippen molar-refractivity contribution in [1.82, 2.24) is 0 Å². The monoisotopic (exact) mass is 372 g/mol. The van der Waals surface area contributed by atoms with Crippen molar-refractivity contribution in [2.24, 2.45) is 0 Å². The maximum Gasteiger partial charge on any atom is 0.335 e. The first-order valence-electron chi connectivity index (χ1n) is 9.64.